The second kappa shape index (κ2) is 6.14. The second-order valence-corrected chi connectivity index (χ2v) is 3.72. The minimum Gasteiger partial charge on any atom is -0.393 e. The van der Waals surface area contributed by atoms with Crippen molar-refractivity contribution in [2.75, 3.05) is 6.54 Å². The van der Waals surface area contributed by atoms with E-state index >= 15 is 0 Å². The molecule has 0 fully saturated rings. The first-order valence-corrected chi connectivity index (χ1v) is 5.22. The van der Waals surface area contributed by atoms with Crippen LogP contribution in [0.1, 0.15) is 23.2 Å². The molecule has 1 rings (SSSR count). The van der Waals surface area contributed by atoms with E-state index in [4.69, 9.17) is 18.0 Å². The smallest absolute Gasteiger partial charge is 0.251 e. The molecule has 0 aliphatic carbocycles. The Morgan fingerprint density at radius 1 is 1.33 bits per heavy atom. The van der Waals surface area contributed by atoms with E-state index in [1.54, 1.807) is 12.1 Å². The molecule has 3 N–H and O–H groups in total. The molecule has 1 amide bonds. The molecule has 0 heterocycles. The summed E-state index contributed by atoms with van der Waals surface area (Å²) in [4.78, 5) is 12.0. The molecule has 1 aromatic carbocycles. The molecule has 0 saturated carbocycles. The molecule has 0 aliphatic heterocycles. The van der Waals surface area contributed by atoms with Crippen molar-refractivity contribution in [1.82, 2.24) is 5.32 Å². The molecule has 0 unspecified atom stereocenters. The maximum Gasteiger partial charge on any atom is 0.251 e. The van der Waals surface area contributed by atoms with Gasteiger partial charge in [-0.2, -0.15) is 0 Å². The second-order valence-electron chi connectivity index (χ2n) is 3.19. The Hall–Kier alpha value is -1.42. The standard InChI is InChI=1S/C11H14N2OS/c12-10(15)7-4-8-13-11(14)9-5-2-1-3-6-9/h1-3,5-6H,4,7-8H2,(H2,12,15)(H,13,14). The van der Waals surface area contributed by atoms with Crippen molar-refractivity contribution in [3.63, 3.8) is 0 Å². The number of thiocarbonyl (C=S) groups is 1. The fourth-order valence-electron chi connectivity index (χ4n) is 1.16. The van der Waals surface area contributed by atoms with Gasteiger partial charge >= 0.3 is 0 Å². The normalized spacial score (nSPS) is 9.60. The number of rotatable bonds is 5. The van der Waals surface area contributed by atoms with Gasteiger partial charge in [-0.25, -0.2) is 0 Å². The molecule has 0 atom stereocenters. The lowest BCUT2D eigenvalue weighted by atomic mass is 10.2. The summed E-state index contributed by atoms with van der Waals surface area (Å²) in [6.45, 7) is 0.602. The summed E-state index contributed by atoms with van der Waals surface area (Å²) in [5, 5.41) is 2.80. The van der Waals surface area contributed by atoms with E-state index in [9.17, 15) is 4.79 Å². The summed E-state index contributed by atoms with van der Waals surface area (Å²) in [5.41, 5.74) is 6.01. The third-order valence-corrected chi connectivity index (χ3v) is 2.13. The Morgan fingerprint density at radius 3 is 2.60 bits per heavy atom. The highest BCUT2D eigenvalue weighted by Gasteiger charge is 2.02. The molecule has 0 spiro atoms. The Balaban J connectivity index is 2.28. The molecule has 4 heteroatoms. The molecule has 0 aromatic heterocycles. The maximum absolute atomic E-state index is 11.5. The average molecular weight is 222 g/mol. The van der Waals surface area contributed by atoms with Gasteiger partial charge in [0.15, 0.2) is 0 Å². The molecule has 0 aliphatic rings. The third kappa shape index (κ3) is 4.56. The first-order valence-electron chi connectivity index (χ1n) is 4.81. The van der Waals surface area contributed by atoms with Crippen LogP contribution in [0.5, 0.6) is 0 Å². The highest BCUT2D eigenvalue weighted by Crippen LogP contribution is 1.97. The average Bonchev–Trinajstić information content (AvgIpc) is 2.25. The number of carbonyl (C=O) groups excluding carboxylic acids is 1. The van der Waals surface area contributed by atoms with Crippen LogP contribution >= 0.6 is 12.2 Å². The molecule has 0 saturated heterocycles. The predicted octanol–water partition coefficient (Wildman–Crippen LogP) is 1.48. The molecular weight excluding hydrogens is 208 g/mol. The fourth-order valence-corrected chi connectivity index (χ4v) is 1.30. The molecule has 15 heavy (non-hydrogen) atoms. The van der Waals surface area contributed by atoms with Gasteiger partial charge in [0.05, 0.1) is 4.99 Å². The molecule has 80 valence electrons. The SMILES string of the molecule is NC(=S)CCCNC(=O)c1ccccc1. The minimum atomic E-state index is -0.0569. The highest BCUT2D eigenvalue weighted by molar-refractivity contribution is 7.80. The summed E-state index contributed by atoms with van der Waals surface area (Å²) in [6.07, 6.45) is 1.46. The Morgan fingerprint density at radius 2 is 2.00 bits per heavy atom. The van der Waals surface area contributed by atoms with Crippen molar-refractivity contribution in [2.24, 2.45) is 5.73 Å². The quantitative estimate of drug-likeness (QED) is 0.586. The minimum absolute atomic E-state index is 0.0569. The molecule has 0 radical (unpaired) electrons. The van der Waals surface area contributed by atoms with Crippen LogP contribution in [-0.2, 0) is 0 Å². The van der Waals surface area contributed by atoms with Crippen LogP contribution in [0.3, 0.4) is 0 Å². The predicted molar refractivity (Wildman–Crippen MR) is 64.8 cm³/mol. The number of amides is 1. The van der Waals surface area contributed by atoms with Crippen molar-refractivity contribution in [3.05, 3.63) is 35.9 Å². The summed E-state index contributed by atoms with van der Waals surface area (Å²) >= 11 is 4.73. The van der Waals surface area contributed by atoms with Crippen LogP contribution in [0.2, 0.25) is 0 Å². The van der Waals surface area contributed by atoms with E-state index in [0.717, 1.165) is 6.42 Å². The molecule has 0 bridgehead atoms. The number of nitrogens with one attached hydrogen (secondary N) is 1. The Labute approximate surface area is 94.7 Å². The van der Waals surface area contributed by atoms with Gasteiger partial charge in [-0.15, -0.1) is 0 Å². The fraction of sp³-hybridized carbons (Fsp3) is 0.273. The lowest BCUT2D eigenvalue weighted by Gasteiger charge is -2.04. The first-order chi connectivity index (χ1) is 7.20. The largest absolute Gasteiger partial charge is 0.393 e. The van der Waals surface area contributed by atoms with E-state index < -0.39 is 0 Å². The number of carbonyl (C=O) groups is 1. The zero-order valence-electron chi connectivity index (χ0n) is 8.40. The van der Waals surface area contributed by atoms with Crippen molar-refractivity contribution in [2.45, 2.75) is 12.8 Å². The van der Waals surface area contributed by atoms with E-state index in [2.05, 4.69) is 5.32 Å². The van der Waals surface area contributed by atoms with E-state index in [1.807, 2.05) is 18.2 Å². The zero-order valence-corrected chi connectivity index (χ0v) is 9.22. The molecule has 1 aromatic rings. The number of benzene rings is 1. The summed E-state index contributed by atoms with van der Waals surface area (Å²) in [7, 11) is 0. The first kappa shape index (κ1) is 11.7. The summed E-state index contributed by atoms with van der Waals surface area (Å²) in [6, 6.07) is 9.11. The van der Waals surface area contributed by atoms with Crippen molar-refractivity contribution in [1.29, 1.82) is 0 Å². The van der Waals surface area contributed by atoms with Gasteiger partial charge in [0.25, 0.3) is 5.91 Å². The van der Waals surface area contributed by atoms with Gasteiger partial charge < -0.3 is 11.1 Å². The van der Waals surface area contributed by atoms with Crippen LogP contribution in [0.25, 0.3) is 0 Å². The van der Waals surface area contributed by atoms with Crippen molar-refractivity contribution >= 4 is 23.1 Å². The molecule has 3 nitrogen and oxygen atoms in total. The van der Waals surface area contributed by atoms with Gasteiger partial charge in [-0.1, -0.05) is 30.4 Å². The van der Waals surface area contributed by atoms with E-state index in [0.29, 0.717) is 23.5 Å². The van der Waals surface area contributed by atoms with Crippen LogP contribution in [0.4, 0.5) is 0 Å². The third-order valence-electron chi connectivity index (χ3n) is 1.92. The van der Waals surface area contributed by atoms with Gasteiger partial charge in [0.1, 0.15) is 0 Å². The van der Waals surface area contributed by atoms with Crippen LogP contribution in [0.15, 0.2) is 30.3 Å². The van der Waals surface area contributed by atoms with Gasteiger partial charge in [-0.3, -0.25) is 4.79 Å². The Bertz CT molecular complexity index is 338. The van der Waals surface area contributed by atoms with Gasteiger partial charge in [0.2, 0.25) is 0 Å². The van der Waals surface area contributed by atoms with E-state index in [1.165, 1.54) is 0 Å². The van der Waals surface area contributed by atoms with Gasteiger partial charge in [-0.05, 0) is 25.0 Å². The van der Waals surface area contributed by atoms with Gasteiger partial charge in [0, 0.05) is 12.1 Å². The zero-order chi connectivity index (χ0) is 11.1. The van der Waals surface area contributed by atoms with E-state index in [-0.39, 0.29) is 5.91 Å². The van der Waals surface area contributed by atoms with Crippen LogP contribution in [-0.4, -0.2) is 17.4 Å². The Kier molecular flexibility index (Phi) is 4.77. The lowest BCUT2D eigenvalue weighted by Crippen LogP contribution is -2.25. The van der Waals surface area contributed by atoms with Crippen LogP contribution < -0.4 is 11.1 Å². The maximum atomic E-state index is 11.5. The molecular formula is C11H14N2OS. The summed E-state index contributed by atoms with van der Waals surface area (Å²) < 4.78 is 0. The number of hydrogen-bond acceptors (Lipinski definition) is 2. The number of nitrogens with two attached hydrogens (primary N) is 1. The van der Waals surface area contributed by atoms with Crippen molar-refractivity contribution < 1.29 is 4.79 Å². The lowest BCUT2D eigenvalue weighted by molar-refractivity contribution is 0.0953. The van der Waals surface area contributed by atoms with Crippen molar-refractivity contribution in [3.8, 4) is 0 Å². The number of hydrogen-bond donors (Lipinski definition) is 2. The van der Waals surface area contributed by atoms with Crippen LogP contribution in [0, 0.1) is 0 Å². The highest BCUT2D eigenvalue weighted by atomic mass is 32.1. The topological polar surface area (TPSA) is 55.1 Å². The monoisotopic (exact) mass is 222 g/mol. The summed E-state index contributed by atoms with van der Waals surface area (Å²) in [5.74, 6) is -0.0569.